The molecule has 0 amide bonds. The lowest BCUT2D eigenvalue weighted by Gasteiger charge is -2.07. The molecule has 0 aliphatic heterocycles. The molecule has 1 heterocycles. The van der Waals surface area contributed by atoms with E-state index in [1.54, 1.807) is 0 Å². The second-order valence-corrected chi connectivity index (χ2v) is 4.79. The number of aromatic amines is 1. The van der Waals surface area contributed by atoms with Crippen LogP contribution in [0.5, 0.6) is 11.6 Å². The molecule has 1 aromatic carbocycles. The molecule has 2 N–H and O–H groups in total. The van der Waals surface area contributed by atoms with Crippen molar-refractivity contribution in [2.24, 2.45) is 0 Å². The Kier molecular flexibility index (Phi) is 3.17. The average Bonchev–Trinajstić information content (AvgIpc) is 3.21. The Balaban J connectivity index is 1.88. The van der Waals surface area contributed by atoms with Crippen molar-refractivity contribution < 1.29 is 19.0 Å². The van der Waals surface area contributed by atoms with Crippen molar-refractivity contribution in [1.82, 2.24) is 9.97 Å². The zero-order chi connectivity index (χ0) is 15.0. The number of ether oxygens (including phenoxy) is 1. The Hall–Kier alpha value is -2.70. The Bertz CT molecular complexity index is 768. The molecule has 3 rings (SSSR count). The molecule has 1 fully saturated rings. The van der Waals surface area contributed by atoms with Crippen LogP contribution in [0.3, 0.4) is 0 Å². The fraction of sp³-hybridized carbons (Fsp3) is 0.214. The topological polar surface area (TPSA) is 92.3 Å². The van der Waals surface area contributed by atoms with Gasteiger partial charge in [-0.15, -0.1) is 0 Å². The van der Waals surface area contributed by atoms with Crippen LogP contribution in [0, 0.1) is 5.82 Å². The summed E-state index contributed by atoms with van der Waals surface area (Å²) >= 11 is 0. The molecule has 1 aromatic heterocycles. The van der Waals surface area contributed by atoms with Gasteiger partial charge in [0.2, 0.25) is 5.88 Å². The zero-order valence-electron chi connectivity index (χ0n) is 10.8. The van der Waals surface area contributed by atoms with E-state index >= 15 is 0 Å². The van der Waals surface area contributed by atoms with Gasteiger partial charge in [-0.1, -0.05) is 0 Å². The van der Waals surface area contributed by atoms with E-state index in [1.807, 2.05) is 0 Å². The molecule has 0 atom stereocenters. The molecule has 1 aliphatic rings. The van der Waals surface area contributed by atoms with E-state index < -0.39 is 17.3 Å². The maximum absolute atomic E-state index is 13.6. The normalized spacial score (nSPS) is 14.0. The number of nitrogens with zero attached hydrogens (tertiary/aromatic N) is 1. The molecule has 0 radical (unpaired) electrons. The molecule has 6 nitrogen and oxygen atoms in total. The third kappa shape index (κ3) is 2.91. The molecule has 1 saturated carbocycles. The molecular weight excluding hydrogens is 279 g/mol. The average molecular weight is 290 g/mol. The molecule has 2 aromatic rings. The number of benzene rings is 1. The Morgan fingerprint density at radius 3 is 2.76 bits per heavy atom. The van der Waals surface area contributed by atoms with Crippen LogP contribution in [-0.2, 0) is 0 Å². The summed E-state index contributed by atoms with van der Waals surface area (Å²) in [5.74, 6) is -1.33. The van der Waals surface area contributed by atoms with Gasteiger partial charge >= 0.3 is 5.97 Å². The van der Waals surface area contributed by atoms with Gasteiger partial charge in [0.05, 0.1) is 11.6 Å². The van der Waals surface area contributed by atoms with Gasteiger partial charge in [-0.2, -0.15) is 4.98 Å². The number of halogens is 1. The summed E-state index contributed by atoms with van der Waals surface area (Å²) in [6.45, 7) is 0. The summed E-state index contributed by atoms with van der Waals surface area (Å²) in [5, 5.41) is 8.75. The number of nitrogens with one attached hydrogen (secondary N) is 1. The van der Waals surface area contributed by atoms with Gasteiger partial charge < -0.3 is 14.8 Å². The summed E-state index contributed by atoms with van der Waals surface area (Å²) < 4.78 is 18.9. The summed E-state index contributed by atoms with van der Waals surface area (Å²) in [7, 11) is 0. The number of hydrogen-bond donors (Lipinski definition) is 2. The minimum Gasteiger partial charge on any atom is -0.478 e. The van der Waals surface area contributed by atoms with Crippen molar-refractivity contribution >= 4 is 5.97 Å². The van der Waals surface area contributed by atoms with E-state index in [4.69, 9.17) is 9.84 Å². The highest BCUT2D eigenvalue weighted by atomic mass is 19.1. The number of aromatic carboxylic acids is 1. The van der Waals surface area contributed by atoms with Crippen LogP contribution in [0.2, 0.25) is 0 Å². The molecule has 108 valence electrons. The molecule has 7 heteroatoms. The monoisotopic (exact) mass is 290 g/mol. The predicted molar refractivity (Wildman–Crippen MR) is 70.3 cm³/mol. The minimum atomic E-state index is -1.36. The second-order valence-electron chi connectivity index (χ2n) is 4.79. The predicted octanol–water partition coefficient (Wildman–Crippen LogP) is 2.28. The number of H-pyrrole nitrogens is 1. The highest BCUT2D eigenvalue weighted by molar-refractivity contribution is 5.88. The summed E-state index contributed by atoms with van der Waals surface area (Å²) in [5.41, 5.74) is -0.788. The van der Waals surface area contributed by atoms with E-state index in [9.17, 15) is 14.0 Å². The largest absolute Gasteiger partial charge is 0.478 e. The van der Waals surface area contributed by atoms with Gasteiger partial charge in [-0.25, -0.2) is 9.18 Å². The Labute approximate surface area is 118 Å². The summed E-state index contributed by atoms with van der Waals surface area (Å²) in [6.07, 6.45) is 1.93. The van der Waals surface area contributed by atoms with Crippen molar-refractivity contribution in [3.8, 4) is 11.6 Å². The molecule has 0 bridgehead atoms. The maximum atomic E-state index is 13.6. The number of carboxylic acids is 1. The van der Waals surface area contributed by atoms with E-state index in [1.165, 1.54) is 6.07 Å². The first kappa shape index (κ1) is 13.3. The lowest BCUT2D eigenvalue weighted by Crippen LogP contribution is -2.10. The fourth-order valence-corrected chi connectivity index (χ4v) is 1.91. The van der Waals surface area contributed by atoms with Crippen molar-refractivity contribution in [2.75, 3.05) is 0 Å². The first-order chi connectivity index (χ1) is 10.0. The maximum Gasteiger partial charge on any atom is 0.338 e. The Morgan fingerprint density at radius 1 is 1.38 bits per heavy atom. The van der Waals surface area contributed by atoms with Crippen LogP contribution in [0.15, 0.2) is 29.1 Å². The molecule has 0 saturated heterocycles. The molecule has 0 spiro atoms. The van der Waals surface area contributed by atoms with E-state index in [0.717, 1.165) is 31.0 Å². The minimum absolute atomic E-state index is 0.0584. The third-order valence-corrected chi connectivity index (χ3v) is 3.09. The molecular formula is C14H11FN2O4. The van der Waals surface area contributed by atoms with Crippen molar-refractivity contribution in [3.05, 3.63) is 51.8 Å². The van der Waals surface area contributed by atoms with Crippen LogP contribution in [0.4, 0.5) is 4.39 Å². The second kappa shape index (κ2) is 5.01. The third-order valence-electron chi connectivity index (χ3n) is 3.09. The van der Waals surface area contributed by atoms with Crippen LogP contribution >= 0.6 is 0 Å². The quantitative estimate of drug-likeness (QED) is 0.901. The Morgan fingerprint density at radius 2 is 2.14 bits per heavy atom. The molecule has 0 unspecified atom stereocenters. The van der Waals surface area contributed by atoms with E-state index in [2.05, 4.69) is 9.97 Å². The van der Waals surface area contributed by atoms with Gasteiger partial charge in [-0.3, -0.25) is 4.79 Å². The number of carboxylic acid groups (broad SMARTS) is 1. The molecule has 1 aliphatic carbocycles. The number of hydrogen-bond acceptors (Lipinski definition) is 4. The van der Waals surface area contributed by atoms with Gasteiger partial charge in [0, 0.05) is 12.0 Å². The number of aromatic nitrogens is 2. The first-order valence-electron chi connectivity index (χ1n) is 6.35. The SMILES string of the molecule is O=C(O)c1ccc(Oc2cc(=O)[nH]c(C3CC3)n2)cc1F. The first-order valence-corrected chi connectivity index (χ1v) is 6.35. The smallest absolute Gasteiger partial charge is 0.338 e. The zero-order valence-corrected chi connectivity index (χ0v) is 10.8. The summed E-state index contributed by atoms with van der Waals surface area (Å²) in [4.78, 5) is 29.0. The van der Waals surface area contributed by atoms with Gasteiger partial charge in [-0.05, 0) is 25.0 Å². The lowest BCUT2D eigenvalue weighted by atomic mass is 10.2. The van der Waals surface area contributed by atoms with Crippen molar-refractivity contribution in [2.45, 2.75) is 18.8 Å². The lowest BCUT2D eigenvalue weighted by molar-refractivity contribution is 0.0692. The van der Waals surface area contributed by atoms with Crippen LogP contribution in [0.25, 0.3) is 0 Å². The van der Waals surface area contributed by atoms with Crippen molar-refractivity contribution in [3.63, 3.8) is 0 Å². The molecule has 21 heavy (non-hydrogen) atoms. The van der Waals surface area contributed by atoms with E-state index in [-0.39, 0.29) is 23.1 Å². The van der Waals surface area contributed by atoms with Gasteiger partial charge in [0.25, 0.3) is 5.56 Å². The van der Waals surface area contributed by atoms with Gasteiger partial charge in [0.15, 0.2) is 0 Å². The fourth-order valence-electron chi connectivity index (χ4n) is 1.91. The van der Waals surface area contributed by atoms with Crippen molar-refractivity contribution in [1.29, 1.82) is 0 Å². The highest BCUT2D eigenvalue weighted by Gasteiger charge is 2.26. The highest BCUT2D eigenvalue weighted by Crippen LogP contribution is 2.38. The number of rotatable bonds is 4. The van der Waals surface area contributed by atoms with Gasteiger partial charge in [0.1, 0.15) is 17.4 Å². The van der Waals surface area contributed by atoms with E-state index in [0.29, 0.717) is 5.82 Å². The van der Waals surface area contributed by atoms with Crippen LogP contribution in [-0.4, -0.2) is 21.0 Å². The standard InChI is InChI=1S/C14H11FN2O4/c15-10-5-8(3-4-9(10)14(19)20)21-12-6-11(18)16-13(17-12)7-1-2-7/h3-7H,1-2H2,(H,19,20)(H,16,17,18). The number of carbonyl (C=O) groups is 1. The summed E-state index contributed by atoms with van der Waals surface area (Å²) in [6, 6.07) is 4.52. The van der Waals surface area contributed by atoms with Crippen LogP contribution in [0.1, 0.15) is 34.9 Å². The van der Waals surface area contributed by atoms with Crippen LogP contribution < -0.4 is 10.3 Å².